The molecule has 0 aliphatic heterocycles. The number of carbonyl (C=O) groups is 4. The first-order valence-corrected chi connectivity index (χ1v) is 4.58. The van der Waals surface area contributed by atoms with Gasteiger partial charge in [-0.2, -0.15) is 0 Å². The van der Waals surface area contributed by atoms with Crippen LogP contribution in [-0.2, 0) is 28.4 Å². The highest BCUT2D eigenvalue weighted by atomic mass is 31.0. The molecule has 0 fully saturated rings. The summed E-state index contributed by atoms with van der Waals surface area (Å²) >= 11 is 0. The van der Waals surface area contributed by atoms with Gasteiger partial charge >= 0.3 is 23.9 Å². The van der Waals surface area contributed by atoms with E-state index >= 15 is 0 Å². The summed E-state index contributed by atoms with van der Waals surface area (Å²) in [5.41, 5.74) is 0. The predicted molar refractivity (Wildman–Crippen MR) is 54.7 cm³/mol. The Morgan fingerprint density at radius 1 is 1.18 bits per heavy atom. The van der Waals surface area contributed by atoms with Crippen molar-refractivity contribution in [2.75, 3.05) is 0 Å². The Kier molecular flexibility index (Phi) is 6.50. The lowest BCUT2D eigenvalue weighted by Gasteiger charge is -2.10. The van der Waals surface area contributed by atoms with Crippen molar-refractivity contribution in [1.29, 1.82) is 0 Å². The van der Waals surface area contributed by atoms with Crippen molar-refractivity contribution in [3.05, 3.63) is 12.2 Å². The third-order valence-electron chi connectivity index (χ3n) is 1.38. The number of ether oxygens (including phenoxy) is 1. The van der Waals surface area contributed by atoms with E-state index < -0.39 is 36.4 Å². The monoisotopic (exact) mass is 264 g/mol. The molecule has 0 aliphatic rings. The number of carbonyl (C=O) groups excluding carboxylic acids is 2. The van der Waals surface area contributed by atoms with Gasteiger partial charge in [0.2, 0.25) is 6.10 Å². The molecule has 9 heteroatoms. The summed E-state index contributed by atoms with van der Waals surface area (Å²) in [4.78, 5) is 42.4. The first kappa shape index (κ1) is 15.0. The molecule has 0 aliphatic carbocycles. The normalized spacial score (nSPS) is 11.8. The zero-order chi connectivity index (χ0) is 13.4. The molecule has 17 heavy (non-hydrogen) atoms. The van der Waals surface area contributed by atoms with E-state index in [1.165, 1.54) is 0 Å². The minimum atomic E-state index is -1.73. The highest BCUT2D eigenvalue weighted by molar-refractivity contribution is 7.10. The third kappa shape index (κ3) is 7.02. The number of carboxylic acids is 2. The number of hydrogen-bond acceptors (Lipinski definition) is 6. The highest BCUT2D eigenvalue weighted by Crippen LogP contribution is 2.04. The molecular weight excluding hydrogens is 255 g/mol. The summed E-state index contributed by atoms with van der Waals surface area (Å²) in [5, 5.41) is 16.8. The molecule has 2 atom stereocenters. The highest BCUT2D eigenvalue weighted by Gasteiger charge is 2.25. The summed E-state index contributed by atoms with van der Waals surface area (Å²) in [6, 6.07) is 0. The van der Waals surface area contributed by atoms with Crippen LogP contribution in [0.5, 0.6) is 0 Å². The van der Waals surface area contributed by atoms with Crippen LogP contribution in [0, 0.1) is 0 Å². The maximum atomic E-state index is 10.9. The summed E-state index contributed by atoms with van der Waals surface area (Å²) < 4.78 is 8.46. The fraction of sp³-hybridized carbons (Fsp3) is 0.250. The van der Waals surface area contributed by atoms with Gasteiger partial charge in [-0.05, 0) is 0 Å². The quantitative estimate of drug-likeness (QED) is 0.368. The van der Waals surface area contributed by atoms with Crippen molar-refractivity contribution in [2.45, 2.75) is 12.5 Å². The number of esters is 1. The zero-order valence-electron chi connectivity index (χ0n) is 8.36. The smallest absolute Gasteiger partial charge is 0.345 e. The van der Waals surface area contributed by atoms with Gasteiger partial charge in [-0.1, -0.05) is 0 Å². The van der Waals surface area contributed by atoms with Crippen LogP contribution in [0.15, 0.2) is 12.2 Å². The molecule has 0 aromatic heterocycles. The van der Waals surface area contributed by atoms with E-state index in [9.17, 15) is 19.2 Å². The molecule has 0 spiro atoms. The minimum absolute atomic E-state index is 0.481. The Labute approximate surface area is 97.5 Å². The van der Waals surface area contributed by atoms with Crippen molar-refractivity contribution in [1.82, 2.24) is 0 Å². The fourth-order valence-corrected chi connectivity index (χ4v) is 0.794. The Balaban J connectivity index is 4.45. The van der Waals surface area contributed by atoms with Crippen LogP contribution in [0.25, 0.3) is 0 Å². The number of carboxylic acid groups (broad SMARTS) is 2. The average Bonchev–Trinajstić information content (AvgIpc) is 2.25. The van der Waals surface area contributed by atoms with Gasteiger partial charge < -0.3 is 19.5 Å². The van der Waals surface area contributed by atoms with Crippen LogP contribution >= 0.6 is 9.47 Å². The summed E-state index contributed by atoms with van der Waals surface area (Å²) in [5.74, 6) is -5.02. The molecule has 0 heterocycles. The van der Waals surface area contributed by atoms with E-state index in [1.54, 1.807) is 9.47 Å². The van der Waals surface area contributed by atoms with Crippen molar-refractivity contribution in [3.8, 4) is 0 Å². The van der Waals surface area contributed by atoms with Gasteiger partial charge in [-0.3, -0.25) is 4.79 Å². The Hall–Kier alpha value is -1.95. The van der Waals surface area contributed by atoms with E-state index in [2.05, 4.69) is 9.26 Å². The molecule has 0 radical (unpaired) electrons. The Morgan fingerprint density at radius 2 is 1.76 bits per heavy atom. The molecule has 0 aromatic carbocycles. The molecule has 0 saturated carbocycles. The molecule has 0 bridgehead atoms. The molecule has 0 amide bonds. The molecule has 0 aromatic rings. The van der Waals surface area contributed by atoms with E-state index in [1.807, 2.05) is 0 Å². The number of hydrogen-bond donors (Lipinski definition) is 2. The first-order valence-electron chi connectivity index (χ1n) is 4.10. The van der Waals surface area contributed by atoms with E-state index in [-0.39, 0.29) is 0 Å². The predicted octanol–water partition coefficient (Wildman–Crippen LogP) is -0.653. The molecule has 1 unspecified atom stereocenters. The molecule has 0 saturated heterocycles. The van der Waals surface area contributed by atoms with Crippen LogP contribution in [0.4, 0.5) is 0 Å². The second-order valence-corrected chi connectivity index (χ2v) is 2.87. The summed E-state index contributed by atoms with van der Waals surface area (Å²) in [6.45, 7) is 0. The maximum Gasteiger partial charge on any atom is 0.345 e. The van der Waals surface area contributed by atoms with Crippen LogP contribution in [0.2, 0.25) is 0 Å². The average molecular weight is 264 g/mol. The topological polar surface area (TPSA) is 127 Å². The minimum Gasteiger partial charge on any atom is -0.478 e. The van der Waals surface area contributed by atoms with Gasteiger partial charge in [0.15, 0.2) is 0 Å². The largest absolute Gasteiger partial charge is 0.478 e. The second kappa shape index (κ2) is 7.34. The van der Waals surface area contributed by atoms with E-state index in [0.717, 1.165) is 0 Å². The van der Waals surface area contributed by atoms with Gasteiger partial charge in [0, 0.05) is 12.2 Å². The van der Waals surface area contributed by atoms with Gasteiger partial charge in [-0.15, -0.1) is 0 Å². The third-order valence-corrected chi connectivity index (χ3v) is 1.64. The van der Waals surface area contributed by atoms with Gasteiger partial charge in [-0.25, -0.2) is 14.4 Å². The maximum absolute atomic E-state index is 10.9. The fourth-order valence-electron chi connectivity index (χ4n) is 0.698. The van der Waals surface area contributed by atoms with E-state index in [0.29, 0.717) is 12.2 Å². The number of rotatable bonds is 6. The molecule has 2 N–H and O–H groups in total. The van der Waals surface area contributed by atoms with Crippen LogP contribution in [0.1, 0.15) is 6.42 Å². The van der Waals surface area contributed by atoms with Crippen molar-refractivity contribution < 1.29 is 38.7 Å². The molecule has 0 rings (SSSR count). The lowest BCUT2D eigenvalue weighted by Crippen LogP contribution is -2.29. The van der Waals surface area contributed by atoms with Gasteiger partial charge in [0.05, 0.1) is 15.9 Å². The van der Waals surface area contributed by atoms with Gasteiger partial charge in [0.25, 0.3) is 0 Å². The molecule has 8 nitrogen and oxygen atoms in total. The van der Waals surface area contributed by atoms with Crippen LogP contribution in [-0.4, -0.2) is 40.2 Å². The van der Waals surface area contributed by atoms with E-state index in [4.69, 9.17) is 10.2 Å². The summed E-state index contributed by atoms with van der Waals surface area (Å²) in [6.07, 6.45) is -1.39. The zero-order valence-corrected chi connectivity index (χ0v) is 9.52. The van der Waals surface area contributed by atoms with Crippen molar-refractivity contribution in [3.63, 3.8) is 0 Å². The lowest BCUT2D eigenvalue weighted by molar-refractivity contribution is -0.163. The first-order chi connectivity index (χ1) is 7.86. The lowest BCUT2D eigenvalue weighted by atomic mass is 10.2. The Bertz CT molecular complexity index is 361. The van der Waals surface area contributed by atoms with Crippen molar-refractivity contribution in [2.24, 2.45) is 0 Å². The standard InChI is InChI=1S/C8H9O8P/c9-5(10)1-2-6(11)15-4(8(13)14)3-7(12)16-17/h1-2,4H,3,17H2,(H,9,10)(H,13,14)/b2-1+/t4-/m0/s1. The van der Waals surface area contributed by atoms with Crippen LogP contribution < -0.4 is 0 Å². The summed E-state index contributed by atoms with van der Waals surface area (Å²) in [7, 11) is 1.62. The molecule has 94 valence electrons. The Morgan fingerprint density at radius 3 is 2.18 bits per heavy atom. The van der Waals surface area contributed by atoms with Gasteiger partial charge in [0.1, 0.15) is 0 Å². The van der Waals surface area contributed by atoms with Crippen molar-refractivity contribution >= 4 is 33.3 Å². The second-order valence-electron chi connectivity index (χ2n) is 2.63. The molecular formula is C8H9O8P. The van der Waals surface area contributed by atoms with Crippen LogP contribution in [0.3, 0.4) is 0 Å². The number of aliphatic carboxylic acids is 2. The SMILES string of the molecule is O=C(O)/C=C/C(=O)O[C@@H](CC(=O)OP)C(=O)O.